The van der Waals surface area contributed by atoms with Gasteiger partial charge in [-0.2, -0.15) is 0 Å². The Balaban J connectivity index is 1.26. The molecule has 1 aromatic carbocycles. The van der Waals surface area contributed by atoms with Gasteiger partial charge in [-0.1, -0.05) is 12.1 Å². The Morgan fingerprint density at radius 2 is 1.86 bits per heavy atom. The number of benzene rings is 1. The van der Waals surface area contributed by atoms with Crippen LogP contribution in [0.2, 0.25) is 0 Å². The highest BCUT2D eigenvalue weighted by molar-refractivity contribution is 5.96. The number of nitrogens with one attached hydrogen (secondary N) is 1. The molecule has 2 aliphatic carbocycles. The predicted molar refractivity (Wildman–Crippen MR) is 112 cm³/mol. The van der Waals surface area contributed by atoms with Gasteiger partial charge in [-0.3, -0.25) is 9.78 Å². The molecule has 0 spiro atoms. The molecular formula is C24H26N2O3. The second-order valence-electron chi connectivity index (χ2n) is 8.65. The van der Waals surface area contributed by atoms with Crippen molar-refractivity contribution in [2.45, 2.75) is 57.1 Å². The maximum atomic E-state index is 12.7. The van der Waals surface area contributed by atoms with Gasteiger partial charge in [0.2, 0.25) is 0 Å². The average Bonchev–Trinajstić information content (AvgIpc) is 3.30. The lowest BCUT2D eigenvalue weighted by Gasteiger charge is -2.32. The molecule has 3 aromatic rings. The van der Waals surface area contributed by atoms with Crippen LogP contribution in [0, 0.1) is 12.8 Å². The van der Waals surface area contributed by atoms with E-state index in [-0.39, 0.29) is 11.9 Å². The number of furan rings is 1. The molecule has 2 N–H and O–H groups in total. The summed E-state index contributed by atoms with van der Waals surface area (Å²) in [5, 5.41) is 14.4. The van der Waals surface area contributed by atoms with Gasteiger partial charge in [0.15, 0.2) is 0 Å². The first-order valence-corrected chi connectivity index (χ1v) is 10.5. The highest BCUT2D eigenvalue weighted by Crippen LogP contribution is 2.48. The topological polar surface area (TPSA) is 75.4 Å². The molecule has 2 heterocycles. The molecule has 0 radical (unpaired) electrons. The summed E-state index contributed by atoms with van der Waals surface area (Å²) in [5.41, 5.74) is 3.82. The van der Waals surface area contributed by atoms with E-state index in [0.717, 1.165) is 66.4 Å². The molecule has 0 unspecified atom stereocenters. The van der Waals surface area contributed by atoms with Gasteiger partial charge in [0.25, 0.3) is 5.91 Å². The molecule has 150 valence electrons. The molecule has 1 amide bonds. The first kappa shape index (κ1) is 18.4. The van der Waals surface area contributed by atoms with Crippen LogP contribution < -0.4 is 5.32 Å². The summed E-state index contributed by atoms with van der Waals surface area (Å²) in [6.45, 7) is 1.95. The van der Waals surface area contributed by atoms with Crippen molar-refractivity contribution in [2.75, 3.05) is 0 Å². The van der Waals surface area contributed by atoms with Crippen molar-refractivity contribution in [2.24, 2.45) is 5.92 Å². The Hall–Kier alpha value is -2.66. The quantitative estimate of drug-likeness (QED) is 0.682. The molecule has 5 nitrogen and oxygen atoms in total. The van der Waals surface area contributed by atoms with Gasteiger partial charge in [-0.15, -0.1) is 0 Å². The number of pyridine rings is 1. The molecule has 5 heteroatoms. The summed E-state index contributed by atoms with van der Waals surface area (Å²) in [6, 6.07) is 11.7. The van der Waals surface area contributed by atoms with Gasteiger partial charge in [0.1, 0.15) is 5.58 Å². The largest absolute Gasteiger partial charge is 0.464 e. The average molecular weight is 390 g/mol. The van der Waals surface area contributed by atoms with Crippen LogP contribution in [0.4, 0.5) is 0 Å². The highest BCUT2D eigenvalue weighted by atomic mass is 16.3. The molecule has 2 aliphatic rings. The molecule has 0 aliphatic heterocycles. The number of fused-ring (bicyclic) bond motifs is 1. The lowest BCUT2D eigenvalue weighted by atomic mass is 9.81. The fourth-order valence-corrected chi connectivity index (χ4v) is 4.67. The van der Waals surface area contributed by atoms with E-state index in [1.807, 2.05) is 43.3 Å². The summed E-state index contributed by atoms with van der Waals surface area (Å²) >= 11 is 0. The van der Waals surface area contributed by atoms with Crippen molar-refractivity contribution < 1.29 is 14.3 Å². The Morgan fingerprint density at radius 1 is 1.14 bits per heavy atom. The molecule has 5 rings (SSSR count). The zero-order valence-corrected chi connectivity index (χ0v) is 16.6. The normalized spacial score (nSPS) is 23.1. The lowest BCUT2D eigenvalue weighted by Crippen LogP contribution is -2.39. The van der Waals surface area contributed by atoms with Crippen LogP contribution in [0.3, 0.4) is 0 Å². The maximum absolute atomic E-state index is 12.7. The van der Waals surface area contributed by atoms with Crippen LogP contribution in [-0.2, 0) is 0 Å². The number of carbonyl (C=O) groups excluding carboxylic acids is 1. The van der Waals surface area contributed by atoms with Gasteiger partial charge in [-0.05, 0) is 69.6 Å². The zero-order valence-electron chi connectivity index (χ0n) is 16.6. The van der Waals surface area contributed by atoms with Crippen molar-refractivity contribution in [3.8, 4) is 11.3 Å². The van der Waals surface area contributed by atoms with Crippen LogP contribution in [0.25, 0.3) is 22.2 Å². The maximum Gasteiger partial charge on any atom is 0.251 e. The van der Waals surface area contributed by atoms with Gasteiger partial charge >= 0.3 is 0 Å². The summed E-state index contributed by atoms with van der Waals surface area (Å²) in [7, 11) is 0. The summed E-state index contributed by atoms with van der Waals surface area (Å²) < 4.78 is 5.52. The fraction of sp³-hybridized carbons (Fsp3) is 0.417. The van der Waals surface area contributed by atoms with Gasteiger partial charge < -0.3 is 14.8 Å². The van der Waals surface area contributed by atoms with Gasteiger partial charge in [0.05, 0.1) is 17.6 Å². The number of aromatic nitrogens is 1. The van der Waals surface area contributed by atoms with Crippen LogP contribution >= 0.6 is 0 Å². The Labute approximate surface area is 170 Å². The number of carbonyl (C=O) groups is 1. The molecule has 2 aromatic heterocycles. The van der Waals surface area contributed by atoms with E-state index < -0.39 is 5.60 Å². The number of hydrogen-bond acceptors (Lipinski definition) is 4. The van der Waals surface area contributed by atoms with Crippen molar-refractivity contribution in [3.63, 3.8) is 0 Å². The summed E-state index contributed by atoms with van der Waals surface area (Å²) in [6.07, 6.45) is 7.46. The predicted octanol–water partition coefficient (Wildman–Crippen LogP) is 4.62. The first-order valence-electron chi connectivity index (χ1n) is 10.5. The van der Waals surface area contributed by atoms with E-state index in [1.165, 1.54) is 0 Å². The molecule has 0 saturated heterocycles. The minimum Gasteiger partial charge on any atom is -0.464 e. The van der Waals surface area contributed by atoms with Crippen molar-refractivity contribution in [3.05, 3.63) is 53.9 Å². The number of nitrogens with zero attached hydrogens (tertiary/aromatic N) is 1. The number of rotatable bonds is 4. The minimum atomic E-state index is -0.394. The number of aryl methyl sites for hydroxylation is 1. The van der Waals surface area contributed by atoms with E-state index in [2.05, 4.69) is 10.3 Å². The Kier molecular flexibility index (Phi) is 4.43. The summed E-state index contributed by atoms with van der Waals surface area (Å²) in [5.74, 6) is 0.382. The lowest BCUT2D eigenvalue weighted by molar-refractivity contribution is 0.0541. The molecule has 0 atom stereocenters. The van der Waals surface area contributed by atoms with Crippen molar-refractivity contribution in [1.82, 2.24) is 10.3 Å². The van der Waals surface area contributed by atoms with E-state index in [9.17, 15) is 9.90 Å². The van der Waals surface area contributed by atoms with Gasteiger partial charge in [-0.25, -0.2) is 0 Å². The standard InChI is InChI=1S/C24H26N2O3/c1-15-14-21-20(10-13-29-21)22(25-15)16-2-4-17(5-3-16)23(27)26-19-8-6-18(7-9-19)24(28)11-12-24/h2-5,10,13-14,18-19,28H,6-9,11-12H2,1H3,(H,26,27)/t18-,19-. The molecule has 2 fully saturated rings. The van der Waals surface area contributed by atoms with Crippen LogP contribution in [-0.4, -0.2) is 27.6 Å². The van der Waals surface area contributed by atoms with E-state index >= 15 is 0 Å². The number of aliphatic hydroxyl groups is 1. The van der Waals surface area contributed by atoms with Crippen LogP contribution in [0.15, 0.2) is 47.1 Å². The molecule has 0 bridgehead atoms. The van der Waals surface area contributed by atoms with E-state index in [1.54, 1.807) is 6.26 Å². The van der Waals surface area contributed by atoms with Gasteiger partial charge in [0, 0.05) is 34.3 Å². The second kappa shape index (κ2) is 6.99. The van der Waals surface area contributed by atoms with Crippen LogP contribution in [0.5, 0.6) is 0 Å². The zero-order chi connectivity index (χ0) is 20.0. The number of hydrogen-bond donors (Lipinski definition) is 2. The molecule has 2 saturated carbocycles. The highest BCUT2D eigenvalue weighted by Gasteiger charge is 2.48. The van der Waals surface area contributed by atoms with E-state index in [4.69, 9.17) is 4.42 Å². The summed E-state index contributed by atoms with van der Waals surface area (Å²) in [4.78, 5) is 17.3. The monoisotopic (exact) mass is 390 g/mol. The SMILES string of the molecule is Cc1cc2occc2c(-c2ccc(C(=O)N[C@H]3CC[C@H](C4(O)CC4)CC3)cc2)n1. The third-order valence-corrected chi connectivity index (χ3v) is 6.58. The smallest absolute Gasteiger partial charge is 0.251 e. The first-order chi connectivity index (χ1) is 14.0. The molecule has 29 heavy (non-hydrogen) atoms. The Bertz CT molecular complexity index is 1040. The molecular weight excluding hydrogens is 364 g/mol. The minimum absolute atomic E-state index is 0.0317. The van der Waals surface area contributed by atoms with Crippen molar-refractivity contribution >= 4 is 16.9 Å². The number of amides is 1. The third kappa shape index (κ3) is 3.55. The fourth-order valence-electron chi connectivity index (χ4n) is 4.67. The third-order valence-electron chi connectivity index (χ3n) is 6.58. The van der Waals surface area contributed by atoms with E-state index in [0.29, 0.717) is 11.5 Å². The second-order valence-corrected chi connectivity index (χ2v) is 8.65. The van der Waals surface area contributed by atoms with Crippen LogP contribution in [0.1, 0.15) is 54.6 Å². The Morgan fingerprint density at radius 3 is 2.55 bits per heavy atom. The van der Waals surface area contributed by atoms with Crippen molar-refractivity contribution in [1.29, 1.82) is 0 Å².